The minimum Gasteiger partial charge on any atom is -0.439 e. The van der Waals surface area contributed by atoms with Gasteiger partial charge in [-0.25, -0.2) is 4.98 Å². The molecule has 0 bridgehead atoms. The van der Waals surface area contributed by atoms with Gasteiger partial charge in [-0.3, -0.25) is 0 Å². The molecule has 0 aliphatic heterocycles. The van der Waals surface area contributed by atoms with Crippen LogP contribution in [0.25, 0.3) is 0 Å². The minimum absolute atomic E-state index is 0.0877. The van der Waals surface area contributed by atoms with E-state index in [0.29, 0.717) is 11.6 Å². The molecule has 0 unspecified atom stereocenters. The molecule has 0 fully saturated rings. The lowest BCUT2D eigenvalue weighted by atomic mass is 10.1. The third-order valence-electron chi connectivity index (χ3n) is 2.58. The summed E-state index contributed by atoms with van der Waals surface area (Å²) in [5, 5.41) is 9.03. The highest BCUT2D eigenvalue weighted by molar-refractivity contribution is 9.10. The molecule has 1 N–H and O–H groups in total. The second-order valence-electron chi connectivity index (χ2n) is 4.10. The summed E-state index contributed by atoms with van der Waals surface area (Å²) in [6, 6.07) is 9.23. The van der Waals surface area contributed by atoms with Crippen molar-refractivity contribution in [2.45, 2.75) is 20.5 Å². The van der Waals surface area contributed by atoms with E-state index in [1.54, 1.807) is 12.1 Å². The van der Waals surface area contributed by atoms with Crippen LogP contribution in [0.15, 0.2) is 34.8 Å². The van der Waals surface area contributed by atoms with Gasteiger partial charge in [0.25, 0.3) is 0 Å². The SMILES string of the molecule is Cc1cc(Oc2cccc(CO)n2)cc(C)c1Br. The maximum Gasteiger partial charge on any atom is 0.219 e. The van der Waals surface area contributed by atoms with Crippen LogP contribution in [0, 0.1) is 13.8 Å². The number of benzene rings is 1. The van der Waals surface area contributed by atoms with Crippen molar-refractivity contribution in [2.24, 2.45) is 0 Å². The first-order chi connectivity index (χ1) is 8.60. The first-order valence-electron chi connectivity index (χ1n) is 5.61. The number of halogens is 1. The molecule has 1 aromatic heterocycles. The van der Waals surface area contributed by atoms with Crippen LogP contribution in [0.3, 0.4) is 0 Å². The highest BCUT2D eigenvalue weighted by Gasteiger charge is 2.05. The van der Waals surface area contributed by atoms with Crippen molar-refractivity contribution >= 4 is 15.9 Å². The maximum absolute atomic E-state index is 9.03. The predicted octanol–water partition coefficient (Wildman–Crippen LogP) is 3.75. The Balaban J connectivity index is 2.28. The fourth-order valence-corrected chi connectivity index (χ4v) is 1.92. The maximum atomic E-state index is 9.03. The van der Waals surface area contributed by atoms with E-state index < -0.39 is 0 Å². The van der Waals surface area contributed by atoms with E-state index in [1.165, 1.54) is 0 Å². The fourth-order valence-electron chi connectivity index (χ4n) is 1.69. The molecule has 1 heterocycles. The Bertz CT molecular complexity index is 546. The Morgan fingerprint density at radius 2 is 1.89 bits per heavy atom. The molecule has 0 amide bonds. The minimum atomic E-state index is -0.0877. The molecule has 0 aliphatic rings. The Kier molecular flexibility index (Phi) is 3.99. The van der Waals surface area contributed by atoms with E-state index in [1.807, 2.05) is 32.0 Å². The lowest BCUT2D eigenvalue weighted by Gasteiger charge is -2.09. The number of aliphatic hydroxyl groups excluding tert-OH is 1. The van der Waals surface area contributed by atoms with Crippen molar-refractivity contribution in [1.82, 2.24) is 4.98 Å². The monoisotopic (exact) mass is 307 g/mol. The molecule has 2 aromatic rings. The molecular weight excluding hydrogens is 294 g/mol. The second-order valence-corrected chi connectivity index (χ2v) is 4.89. The quantitative estimate of drug-likeness (QED) is 0.939. The third kappa shape index (κ3) is 2.89. The molecule has 0 aliphatic carbocycles. The molecule has 2 rings (SSSR count). The number of aliphatic hydroxyl groups is 1. The van der Waals surface area contributed by atoms with Gasteiger partial charge in [0.1, 0.15) is 5.75 Å². The Hall–Kier alpha value is -1.39. The molecule has 0 atom stereocenters. The largest absolute Gasteiger partial charge is 0.439 e. The molecule has 94 valence electrons. The fraction of sp³-hybridized carbons (Fsp3) is 0.214. The molecule has 0 saturated heterocycles. The molecule has 18 heavy (non-hydrogen) atoms. The van der Waals surface area contributed by atoms with Crippen molar-refractivity contribution in [1.29, 1.82) is 0 Å². The van der Waals surface area contributed by atoms with Gasteiger partial charge in [0.05, 0.1) is 12.3 Å². The van der Waals surface area contributed by atoms with Crippen LogP contribution in [-0.2, 0) is 6.61 Å². The van der Waals surface area contributed by atoms with Crippen LogP contribution < -0.4 is 4.74 Å². The van der Waals surface area contributed by atoms with Crippen molar-refractivity contribution in [3.63, 3.8) is 0 Å². The van der Waals surface area contributed by atoms with E-state index in [2.05, 4.69) is 20.9 Å². The van der Waals surface area contributed by atoms with Gasteiger partial charge in [0.2, 0.25) is 5.88 Å². The van der Waals surface area contributed by atoms with Gasteiger partial charge in [-0.2, -0.15) is 0 Å². The van der Waals surface area contributed by atoms with Gasteiger partial charge in [-0.05, 0) is 43.2 Å². The van der Waals surface area contributed by atoms with Crippen LogP contribution in [0.5, 0.6) is 11.6 Å². The summed E-state index contributed by atoms with van der Waals surface area (Å²) in [6.07, 6.45) is 0. The van der Waals surface area contributed by atoms with Gasteiger partial charge in [0.15, 0.2) is 0 Å². The van der Waals surface area contributed by atoms with Gasteiger partial charge < -0.3 is 9.84 Å². The Morgan fingerprint density at radius 3 is 2.50 bits per heavy atom. The molecule has 0 radical (unpaired) electrons. The molecule has 1 aromatic carbocycles. The van der Waals surface area contributed by atoms with Gasteiger partial charge in [0, 0.05) is 10.5 Å². The molecule has 0 spiro atoms. The average molecular weight is 308 g/mol. The lowest BCUT2D eigenvalue weighted by Crippen LogP contribution is -1.94. The third-order valence-corrected chi connectivity index (χ3v) is 3.83. The van der Waals surface area contributed by atoms with Crippen LogP contribution >= 0.6 is 15.9 Å². The molecular formula is C14H14BrNO2. The summed E-state index contributed by atoms with van der Waals surface area (Å²) >= 11 is 3.52. The predicted molar refractivity (Wildman–Crippen MR) is 73.8 cm³/mol. The van der Waals surface area contributed by atoms with Crippen molar-refractivity contribution in [3.8, 4) is 11.6 Å². The first kappa shape index (κ1) is 13.1. The standard InChI is InChI=1S/C14H14BrNO2/c1-9-6-12(7-10(2)14(9)15)18-13-5-3-4-11(8-17)16-13/h3-7,17H,8H2,1-2H3. The van der Waals surface area contributed by atoms with E-state index in [4.69, 9.17) is 9.84 Å². The second kappa shape index (κ2) is 5.50. The van der Waals surface area contributed by atoms with E-state index in [9.17, 15) is 0 Å². The normalized spacial score (nSPS) is 10.4. The van der Waals surface area contributed by atoms with E-state index in [-0.39, 0.29) is 6.61 Å². The highest BCUT2D eigenvalue weighted by atomic mass is 79.9. The summed E-state index contributed by atoms with van der Waals surface area (Å²) < 4.78 is 6.78. The Labute approximate surface area is 115 Å². The van der Waals surface area contributed by atoms with Crippen LogP contribution in [0.4, 0.5) is 0 Å². The van der Waals surface area contributed by atoms with Crippen LogP contribution in [-0.4, -0.2) is 10.1 Å². The molecule has 3 nitrogen and oxygen atoms in total. The van der Waals surface area contributed by atoms with E-state index >= 15 is 0 Å². The topological polar surface area (TPSA) is 42.4 Å². The van der Waals surface area contributed by atoms with Crippen LogP contribution in [0.1, 0.15) is 16.8 Å². The number of ether oxygens (including phenoxy) is 1. The van der Waals surface area contributed by atoms with Gasteiger partial charge >= 0.3 is 0 Å². The number of aromatic nitrogens is 1. The van der Waals surface area contributed by atoms with E-state index in [0.717, 1.165) is 21.3 Å². The smallest absolute Gasteiger partial charge is 0.219 e. The average Bonchev–Trinajstić information content (AvgIpc) is 2.36. The zero-order valence-electron chi connectivity index (χ0n) is 10.3. The summed E-state index contributed by atoms with van der Waals surface area (Å²) in [7, 11) is 0. The Morgan fingerprint density at radius 1 is 1.22 bits per heavy atom. The number of aryl methyl sites for hydroxylation is 2. The van der Waals surface area contributed by atoms with Crippen molar-refractivity contribution in [3.05, 3.63) is 51.6 Å². The summed E-state index contributed by atoms with van der Waals surface area (Å²) in [5.41, 5.74) is 2.82. The lowest BCUT2D eigenvalue weighted by molar-refractivity contribution is 0.275. The number of pyridine rings is 1. The summed E-state index contributed by atoms with van der Waals surface area (Å²) in [4.78, 5) is 4.18. The zero-order valence-corrected chi connectivity index (χ0v) is 11.9. The molecule has 4 heteroatoms. The number of nitrogens with zero attached hydrogens (tertiary/aromatic N) is 1. The summed E-state index contributed by atoms with van der Waals surface area (Å²) in [5.74, 6) is 1.23. The number of hydrogen-bond acceptors (Lipinski definition) is 3. The first-order valence-corrected chi connectivity index (χ1v) is 6.41. The highest BCUT2D eigenvalue weighted by Crippen LogP contribution is 2.28. The van der Waals surface area contributed by atoms with Crippen molar-refractivity contribution in [2.75, 3.05) is 0 Å². The van der Waals surface area contributed by atoms with Crippen molar-refractivity contribution < 1.29 is 9.84 Å². The van der Waals surface area contributed by atoms with Gasteiger partial charge in [-0.15, -0.1) is 0 Å². The van der Waals surface area contributed by atoms with Crippen LogP contribution in [0.2, 0.25) is 0 Å². The van der Waals surface area contributed by atoms with Gasteiger partial charge in [-0.1, -0.05) is 22.0 Å². The summed E-state index contributed by atoms with van der Waals surface area (Å²) in [6.45, 7) is 3.94. The number of rotatable bonds is 3. The number of hydrogen-bond donors (Lipinski definition) is 1. The zero-order chi connectivity index (χ0) is 13.1. The molecule has 0 saturated carbocycles.